The quantitative estimate of drug-likeness (QED) is 0.276. The van der Waals surface area contributed by atoms with Crippen LogP contribution >= 0.6 is 0 Å². The molecule has 4 heterocycles. The number of nitrogens with one attached hydrogen (secondary N) is 2. The third-order valence-electron chi connectivity index (χ3n) is 6.86. The highest BCUT2D eigenvalue weighted by molar-refractivity contribution is 6.19. The lowest BCUT2D eigenvalue weighted by Gasteiger charge is -2.39. The Morgan fingerprint density at radius 3 is 2.72 bits per heavy atom. The van der Waals surface area contributed by atoms with Crippen molar-refractivity contribution in [2.75, 3.05) is 24.3 Å². The summed E-state index contributed by atoms with van der Waals surface area (Å²) in [4.78, 5) is 26.2. The minimum atomic E-state index is -0.285. The number of aromatic hydroxyl groups is 1. The monoisotopic (exact) mass is 482 g/mol. The van der Waals surface area contributed by atoms with E-state index in [2.05, 4.69) is 27.2 Å². The van der Waals surface area contributed by atoms with Crippen LogP contribution in [0.15, 0.2) is 48.8 Å². The molecule has 0 unspecified atom stereocenters. The van der Waals surface area contributed by atoms with E-state index >= 15 is 0 Å². The number of phenols is 1. The highest BCUT2D eigenvalue weighted by atomic mass is 16.5. The number of nitrogens with two attached hydrogens (primary N) is 1. The Morgan fingerprint density at radius 1 is 1.19 bits per heavy atom. The van der Waals surface area contributed by atoms with E-state index in [0.29, 0.717) is 41.3 Å². The Balaban J connectivity index is 1.51. The van der Waals surface area contributed by atoms with Gasteiger partial charge >= 0.3 is 0 Å². The first-order valence-corrected chi connectivity index (χ1v) is 11.7. The number of aromatic nitrogens is 4. The summed E-state index contributed by atoms with van der Waals surface area (Å²) >= 11 is 0. The smallest absolute Gasteiger partial charge is 0.215 e. The SMILES string of the molecule is Cc1ccc(O)c(C)c1-n1c(N)c(C(=O)c2cc3cccc(NC4(C)COC4)c3[nH]2)c2nccnc21. The highest BCUT2D eigenvalue weighted by Gasteiger charge is 2.34. The molecule has 0 atom stereocenters. The number of aromatic amines is 1. The number of hydrogen-bond acceptors (Lipinski definition) is 7. The van der Waals surface area contributed by atoms with Gasteiger partial charge in [0.2, 0.25) is 5.78 Å². The maximum absolute atomic E-state index is 13.9. The number of rotatable bonds is 5. The molecular formula is C27H26N6O3. The van der Waals surface area contributed by atoms with Gasteiger partial charge in [-0.05, 0) is 44.5 Å². The van der Waals surface area contributed by atoms with Crippen LogP contribution in [0.5, 0.6) is 5.75 Å². The van der Waals surface area contributed by atoms with Crippen molar-refractivity contribution in [1.29, 1.82) is 0 Å². The van der Waals surface area contributed by atoms with E-state index in [0.717, 1.165) is 22.2 Å². The van der Waals surface area contributed by atoms with Gasteiger partial charge in [-0.2, -0.15) is 0 Å². The van der Waals surface area contributed by atoms with Crippen LogP contribution in [0.3, 0.4) is 0 Å². The van der Waals surface area contributed by atoms with Crippen LogP contribution in [0.4, 0.5) is 11.5 Å². The van der Waals surface area contributed by atoms with Gasteiger partial charge in [-0.25, -0.2) is 4.98 Å². The van der Waals surface area contributed by atoms with Crippen molar-refractivity contribution in [3.63, 3.8) is 0 Å². The van der Waals surface area contributed by atoms with Crippen LogP contribution in [-0.4, -0.2) is 49.2 Å². The fourth-order valence-electron chi connectivity index (χ4n) is 4.96. The molecule has 2 aromatic carbocycles. The maximum Gasteiger partial charge on any atom is 0.215 e. The number of phenolic OH excluding ortho intramolecular Hbond substituents is 1. The fourth-order valence-corrected chi connectivity index (χ4v) is 4.96. The van der Waals surface area contributed by atoms with E-state index in [1.54, 1.807) is 36.0 Å². The van der Waals surface area contributed by atoms with Crippen LogP contribution < -0.4 is 11.1 Å². The van der Waals surface area contributed by atoms with Gasteiger partial charge in [-0.1, -0.05) is 18.2 Å². The molecule has 0 radical (unpaired) electrons. The average Bonchev–Trinajstić information content (AvgIpc) is 3.41. The van der Waals surface area contributed by atoms with Crippen LogP contribution in [0.1, 0.15) is 34.1 Å². The van der Waals surface area contributed by atoms with Crippen molar-refractivity contribution < 1.29 is 14.6 Å². The Morgan fingerprint density at radius 2 is 1.97 bits per heavy atom. The van der Waals surface area contributed by atoms with E-state index in [1.165, 1.54) is 0 Å². The van der Waals surface area contributed by atoms with Gasteiger partial charge in [-0.3, -0.25) is 14.3 Å². The number of hydrogen-bond donors (Lipinski definition) is 4. The minimum absolute atomic E-state index is 0.134. The molecule has 182 valence electrons. The minimum Gasteiger partial charge on any atom is -0.508 e. The Kier molecular flexibility index (Phi) is 4.81. The average molecular weight is 483 g/mol. The predicted molar refractivity (Wildman–Crippen MR) is 139 cm³/mol. The number of H-pyrrole nitrogens is 1. The molecule has 1 saturated heterocycles. The molecule has 0 bridgehead atoms. The largest absolute Gasteiger partial charge is 0.508 e. The number of benzene rings is 2. The summed E-state index contributed by atoms with van der Waals surface area (Å²) in [5.74, 6) is 0.0662. The van der Waals surface area contributed by atoms with Gasteiger partial charge in [0.15, 0.2) is 5.65 Å². The third kappa shape index (κ3) is 3.24. The number of anilines is 2. The van der Waals surface area contributed by atoms with Crippen molar-refractivity contribution in [3.05, 3.63) is 71.2 Å². The van der Waals surface area contributed by atoms with Gasteiger partial charge in [0.1, 0.15) is 17.1 Å². The lowest BCUT2D eigenvalue weighted by atomic mass is 10.00. The molecule has 5 N–H and O–H groups in total. The molecule has 6 rings (SSSR count). The van der Waals surface area contributed by atoms with E-state index < -0.39 is 0 Å². The zero-order valence-corrected chi connectivity index (χ0v) is 20.2. The summed E-state index contributed by atoms with van der Waals surface area (Å²) in [5.41, 5.74) is 12.0. The summed E-state index contributed by atoms with van der Waals surface area (Å²) in [6, 6.07) is 11.2. The molecule has 36 heavy (non-hydrogen) atoms. The first kappa shape index (κ1) is 22.1. The molecule has 0 spiro atoms. The Bertz CT molecular complexity index is 1680. The number of carbonyl (C=O) groups is 1. The number of carbonyl (C=O) groups excluding carboxylic acids is 1. The van der Waals surface area contributed by atoms with E-state index in [4.69, 9.17) is 10.5 Å². The van der Waals surface area contributed by atoms with Gasteiger partial charge in [0.25, 0.3) is 0 Å². The van der Waals surface area contributed by atoms with Crippen LogP contribution in [0.25, 0.3) is 27.8 Å². The zero-order valence-electron chi connectivity index (χ0n) is 20.2. The molecule has 0 aliphatic carbocycles. The second-order valence-corrected chi connectivity index (χ2v) is 9.66. The number of nitrogen functional groups attached to an aromatic ring is 1. The number of ether oxygens (including phenoxy) is 1. The standard InChI is InChI=1S/C27H26N6O3/c1-14-7-8-19(34)15(2)23(14)33-25(28)20(22-26(33)30-10-9-29-22)24(35)18-11-16-5-4-6-17(21(16)31-18)32-27(3)12-36-13-27/h4-11,31-32,34H,12-13,28H2,1-3H3. The van der Waals surface area contributed by atoms with Crippen molar-refractivity contribution in [2.24, 2.45) is 0 Å². The topological polar surface area (TPSA) is 131 Å². The van der Waals surface area contributed by atoms with Gasteiger partial charge < -0.3 is 25.9 Å². The van der Waals surface area contributed by atoms with Crippen molar-refractivity contribution in [1.82, 2.24) is 19.5 Å². The van der Waals surface area contributed by atoms with Crippen molar-refractivity contribution >= 4 is 39.4 Å². The number of para-hydroxylation sites is 1. The number of aryl methyl sites for hydroxylation is 1. The second-order valence-electron chi connectivity index (χ2n) is 9.66. The van der Waals surface area contributed by atoms with Crippen molar-refractivity contribution in [2.45, 2.75) is 26.3 Å². The molecule has 9 heteroatoms. The third-order valence-corrected chi connectivity index (χ3v) is 6.86. The molecule has 0 saturated carbocycles. The lowest BCUT2D eigenvalue weighted by molar-refractivity contribution is -0.0317. The molecule has 5 aromatic rings. The van der Waals surface area contributed by atoms with Crippen LogP contribution in [-0.2, 0) is 4.74 Å². The molecule has 3 aromatic heterocycles. The zero-order chi connectivity index (χ0) is 25.2. The first-order chi connectivity index (χ1) is 17.3. The van der Waals surface area contributed by atoms with E-state index in [9.17, 15) is 9.90 Å². The molecular weight excluding hydrogens is 456 g/mol. The summed E-state index contributed by atoms with van der Waals surface area (Å²) in [6.45, 7) is 7.08. The maximum atomic E-state index is 13.9. The normalized spacial score (nSPS) is 14.8. The molecule has 9 nitrogen and oxygen atoms in total. The van der Waals surface area contributed by atoms with E-state index in [1.807, 2.05) is 31.2 Å². The second kappa shape index (κ2) is 7.82. The summed E-state index contributed by atoms with van der Waals surface area (Å²) in [6.07, 6.45) is 3.10. The highest BCUT2D eigenvalue weighted by Crippen LogP contribution is 2.36. The summed E-state index contributed by atoms with van der Waals surface area (Å²) < 4.78 is 7.07. The number of nitrogens with zero attached hydrogens (tertiary/aromatic N) is 3. The van der Waals surface area contributed by atoms with Gasteiger partial charge in [0, 0.05) is 23.3 Å². The number of ketones is 1. The number of fused-ring (bicyclic) bond motifs is 2. The summed E-state index contributed by atoms with van der Waals surface area (Å²) in [5, 5.41) is 14.8. The molecule has 1 aliphatic rings. The predicted octanol–water partition coefficient (Wildman–Crippen LogP) is 4.24. The molecule has 0 amide bonds. The summed E-state index contributed by atoms with van der Waals surface area (Å²) in [7, 11) is 0. The van der Waals surface area contributed by atoms with Gasteiger partial charge in [0.05, 0.1) is 46.9 Å². The van der Waals surface area contributed by atoms with E-state index in [-0.39, 0.29) is 28.5 Å². The first-order valence-electron chi connectivity index (χ1n) is 11.7. The van der Waals surface area contributed by atoms with Gasteiger partial charge in [-0.15, -0.1) is 0 Å². The Hall–Kier alpha value is -4.37. The molecule has 1 aliphatic heterocycles. The van der Waals surface area contributed by atoms with Crippen LogP contribution in [0, 0.1) is 13.8 Å². The lowest BCUT2D eigenvalue weighted by Crippen LogP contribution is -2.53. The van der Waals surface area contributed by atoms with Crippen molar-refractivity contribution in [3.8, 4) is 11.4 Å². The Labute approximate surface area is 206 Å². The fraction of sp³-hybridized carbons (Fsp3) is 0.222. The van der Waals surface area contributed by atoms with Crippen LogP contribution in [0.2, 0.25) is 0 Å². The molecule has 1 fully saturated rings.